The molecular weight excluding hydrogens is 369 g/mol. The van der Waals surface area contributed by atoms with Crippen LogP contribution in [0.3, 0.4) is 0 Å². The van der Waals surface area contributed by atoms with Gasteiger partial charge in [0.25, 0.3) is 5.91 Å². The molecule has 0 radical (unpaired) electrons. The summed E-state index contributed by atoms with van der Waals surface area (Å²) in [7, 11) is 0. The average molecular weight is 388 g/mol. The first-order chi connectivity index (χ1) is 12.5. The number of Topliss-reactive ketones (excluding diaryl/α,β-unsaturated/α-hetero) is 1. The lowest BCUT2D eigenvalue weighted by molar-refractivity contribution is 0.0864. The summed E-state index contributed by atoms with van der Waals surface area (Å²) < 4.78 is 0. The minimum absolute atomic E-state index is 0.00769. The smallest absolute Gasteiger partial charge is 0.251 e. The Morgan fingerprint density at radius 3 is 2.04 bits per heavy atom. The maximum Gasteiger partial charge on any atom is 0.251 e. The molecule has 3 nitrogen and oxygen atoms in total. The van der Waals surface area contributed by atoms with E-state index >= 15 is 0 Å². The van der Waals surface area contributed by atoms with Crippen LogP contribution in [-0.2, 0) is 0 Å². The zero-order valence-electron chi connectivity index (χ0n) is 14.1. The normalized spacial score (nSPS) is 26.7. The number of hydrogen-bond donors (Lipinski definition) is 1. The van der Waals surface area contributed by atoms with Crippen LogP contribution in [0.5, 0.6) is 0 Å². The molecule has 0 heterocycles. The Bertz CT molecular complexity index is 832. The van der Waals surface area contributed by atoms with Gasteiger partial charge in [-0.15, -0.1) is 0 Å². The fraction of sp³-hybridized carbons (Fsp3) is 0.333. The Morgan fingerprint density at radius 1 is 0.846 bits per heavy atom. The van der Waals surface area contributed by atoms with Gasteiger partial charge in [0.05, 0.1) is 0 Å². The number of rotatable bonds is 4. The monoisotopic (exact) mass is 387 g/mol. The zero-order chi connectivity index (χ0) is 18.3. The van der Waals surface area contributed by atoms with Gasteiger partial charge < -0.3 is 5.32 Å². The third kappa shape index (κ3) is 3.26. The molecule has 5 heteroatoms. The predicted octanol–water partition coefficient (Wildman–Crippen LogP) is 5.02. The molecule has 2 aromatic carbocycles. The first kappa shape index (κ1) is 17.6. The number of halogens is 2. The van der Waals surface area contributed by atoms with Crippen molar-refractivity contribution < 1.29 is 9.59 Å². The summed E-state index contributed by atoms with van der Waals surface area (Å²) in [4.78, 5) is 25.5. The van der Waals surface area contributed by atoms with Crippen LogP contribution in [-0.4, -0.2) is 17.7 Å². The molecule has 4 rings (SSSR count). The van der Waals surface area contributed by atoms with Crippen molar-refractivity contribution in [3.05, 3.63) is 69.7 Å². The highest BCUT2D eigenvalue weighted by Crippen LogP contribution is 2.50. The standard InChI is InChI=1S/C21H19Cl2NO2/c22-15-6-1-12(2-7-15)20(25)19-14-5-10-17(19)18(11-14)24-21(26)13-3-8-16(23)9-4-13/h1-4,6-9,14,17-19H,5,10-11H2,(H,24,26)/t14-,17+,18-,19+/m1/s1. The minimum Gasteiger partial charge on any atom is -0.349 e. The van der Waals surface area contributed by atoms with Crippen molar-refractivity contribution >= 4 is 34.9 Å². The molecule has 26 heavy (non-hydrogen) atoms. The van der Waals surface area contributed by atoms with Crippen LogP contribution in [0.25, 0.3) is 0 Å². The second-order valence-electron chi connectivity index (χ2n) is 7.22. The highest BCUT2D eigenvalue weighted by Gasteiger charge is 2.51. The Labute approximate surface area is 162 Å². The van der Waals surface area contributed by atoms with E-state index in [0.717, 1.165) is 19.3 Å². The largest absolute Gasteiger partial charge is 0.349 e. The molecule has 0 unspecified atom stereocenters. The van der Waals surface area contributed by atoms with E-state index in [1.165, 1.54) is 0 Å². The van der Waals surface area contributed by atoms with Crippen molar-refractivity contribution in [2.75, 3.05) is 0 Å². The molecule has 2 fully saturated rings. The highest BCUT2D eigenvalue weighted by atomic mass is 35.5. The summed E-state index contributed by atoms with van der Waals surface area (Å²) in [6.07, 6.45) is 2.91. The van der Waals surface area contributed by atoms with E-state index in [4.69, 9.17) is 23.2 Å². The van der Waals surface area contributed by atoms with Crippen LogP contribution >= 0.6 is 23.2 Å². The first-order valence-electron chi connectivity index (χ1n) is 8.89. The molecule has 2 aromatic rings. The van der Waals surface area contributed by atoms with Gasteiger partial charge in [0.1, 0.15) is 0 Å². The maximum absolute atomic E-state index is 13.0. The Kier molecular flexibility index (Phi) is 4.76. The van der Waals surface area contributed by atoms with Crippen molar-refractivity contribution in [3.8, 4) is 0 Å². The molecule has 0 aliphatic heterocycles. The van der Waals surface area contributed by atoms with Crippen LogP contribution in [0.4, 0.5) is 0 Å². The third-order valence-electron chi connectivity index (χ3n) is 5.77. The number of ketones is 1. The lowest BCUT2D eigenvalue weighted by Crippen LogP contribution is -2.39. The summed E-state index contributed by atoms with van der Waals surface area (Å²) in [5.74, 6) is 0.624. The fourth-order valence-electron chi connectivity index (χ4n) is 4.57. The minimum atomic E-state index is -0.100. The molecule has 2 aliphatic rings. The number of amides is 1. The van der Waals surface area contributed by atoms with Crippen LogP contribution in [0.2, 0.25) is 10.0 Å². The Balaban J connectivity index is 1.47. The summed E-state index contributed by atoms with van der Waals surface area (Å²) >= 11 is 11.8. The number of nitrogens with one attached hydrogen (secondary N) is 1. The maximum atomic E-state index is 13.0. The number of carbonyl (C=O) groups is 2. The van der Waals surface area contributed by atoms with Crippen LogP contribution in [0, 0.1) is 17.8 Å². The van der Waals surface area contributed by atoms with E-state index in [9.17, 15) is 9.59 Å². The van der Waals surface area contributed by atoms with Gasteiger partial charge in [-0.1, -0.05) is 23.2 Å². The van der Waals surface area contributed by atoms with E-state index in [1.54, 1.807) is 48.5 Å². The van der Waals surface area contributed by atoms with Crippen LogP contribution in [0.15, 0.2) is 48.5 Å². The quantitative estimate of drug-likeness (QED) is 0.748. The van der Waals surface area contributed by atoms with Gasteiger partial charge in [0, 0.05) is 33.1 Å². The molecule has 2 aliphatic carbocycles. The average Bonchev–Trinajstić information content (AvgIpc) is 3.20. The molecule has 1 N–H and O–H groups in total. The van der Waals surface area contributed by atoms with E-state index in [0.29, 0.717) is 27.1 Å². The van der Waals surface area contributed by atoms with E-state index in [-0.39, 0.29) is 29.6 Å². The van der Waals surface area contributed by atoms with Crippen LogP contribution < -0.4 is 5.32 Å². The first-order valence-corrected chi connectivity index (χ1v) is 9.65. The summed E-state index contributed by atoms with van der Waals surface area (Å²) in [6.45, 7) is 0. The van der Waals surface area contributed by atoms with Gasteiger partial charge >= 0.3 is 0 Å². The lowest BCUT2D eigenvalue weighted by atomic mass is 9.88. The second kappa shape index (κ2) is 7.05. The second-order valence-corrected chi connectivity index (χ2v) is 8.09. The molecule has 0 saturated heterocycles. The van der Waals surface area contributed by atoms with Crippen LogP contribution in [0.1, 0.15) is 40.0 Å². The molecule has 4 atom stereocenters. The van der Waals surface area contributed by atoms with Gasteiger partial charge in [-0.2, -0.15) is 0 Å². The Hall–Kier alpha value is -1.84. The molecule has 134 valence electrons. The Morgan fingerprint density at radius 2 is 1.42 bits per heavy atom. The van der Waals surface area contributed by atoms with Gasteiger partial charge in [-0.05, 0) is 79.6 Å². The van der Waals surface area contributed by atoms with Crippen molar-refractivity contribution in [3.63, 3.8) is 0 Å². The topological polar surface area (TPSA) is 46.2 Å². The molecule has 2 bridgehead atoms. The van der Waals surface area contributed by atoms with Gasteiger partial charge in [0.15, 0.2) is 5.78 Å². The molecule has 0 aromatic heterocycles. The highest BCUT2D eigenvalue weighted by molar-refractivity contribution is 6.31. The lowest BCUT2D eigenvalue weighted by Gasteiger charge is -2.23. The van der Waals surface area contributed by atoms with E-state index < -0.39 is 0 Å². The molecule has 2 saturated carbocycles. The molecule has 1 amide bonds. The number of fused-ring (bicyclic) bond motifs is 2. The summed E-state index contributed by atoms with van der Waals surface area (Å²) in [5.41, 5.74) is 1.30. The van der Waals surface area contributed by atoms with Gasteiger partial charge in [-0.25, -0.2) is 0 Å². The summed E-state index contributed by atoms with van der Waals surface area (Å²) in [6, 6.07) is 14.0. The van der Waals surface area contributed by atoms with E-state index in [1.807, 2.05) is 0 Å². The summed E-state index contributed by atoms with van der Waals surface area (Å²) in [5, 5.41) is 4.37. The zero-order valence-corrected chi connectivity index (χ0v) is 15.6. The number of hydrogen-bond acceptors (Lipinski definition) is 2. The van der Waals surface area contributed by atoms with Gasteiger partial charge in [-0.3, -0.25) is 9.59 Å². The molecular formula is C21H19Cl2NO2. The SMILES string of the molecule is O=C(N[C@@H]1C[C@H]2CC[C@@H]1[C@H]2C(=O)c1ccc(Cl)cc1)c1ccc(Cl)cc1. The van der Waals surface area contributed by atoms with Crippen molar-refractivity contribution in [2.45, 2.75) is 25.3 Å². The van der Waals surface area contributed by atoms with Crippen molar-refractivity contribution in [1.29, 1.82) is 0 Å². The third-order valence-corrected chi connectivity index (χ3v) is 6.27. The van der Waals surface area contributed by atoms with Gasteiger partial charge in [0.2, 0.25) is 0 Å². The van der Waals surface area contributed by atoms with E-state index in [2.05, 4.69) is 5.32 Å². The number of carbonyl (C=O) groups excluding carboxylic acids is 2. The fourth-order valence-corrected chi connectivity index (χ4v) is 4.82. The predicted molar refractivity (Wildman–Crippen MR) is 103 cm³/mol. The van der Waals surface area contributed by atoms with Crippen molar-refractivity contribution in [2.24, 2.45) is 17.8 Å². The van der Waals surface area contributed by atoms with Crippen molar-refractivity contribution in [1.82, 2.24) is 5.32 Å². The molecule has 0 spiro atoms. The number of benzene rings is 2.